The molecule has 0 bridgehead atoms. The van der Waals surface area contributed by atoms with Gasteiger partial charge in [0, 0.05) is 34.9 Å². The number of nitrogens with one attached hydrogen (secondary N) is 1. The molecule has 7 heteroatoms. The van der Waals surface area contributed by atoms with Crippen LogP contribution in [0.25, 0.3) is 22.3 Å². The molecule has 0 spiro atoms. The number of carbonyl (C=O) groups excluding carboxylic acids is 1. The summed E-state index contributed by atoms with van der Waals surface area (Å²) in [5.74, 6) is 0.307. The second-order valence-corrected chi connectivity index (χ2v) is 6.34. The highest BCUT2D eigenvalue weighted by atomic mass is 16.2. The molecule has 2 heterocycles. The Bertz CT molecular complexity index is 1070. The SMILES string of the molecule is CCCn1ccc2cc(NC(=O)Cn3nnc(-c4ccccc4)n3)ccc21. The Balaban J connectivity index is 1.44. The predicted molar refractivity (Wildman–Crippen MR) is 104 cm³/mol. The van der Waals surface area contributed by atoms with Gasteiger partial charge in [-0.25, -0.2) is 0 Å². The highest BCUT2D eigenvalue weighted by Gasteiger charge is 2.10. The number of aryl methyl sites for hydroxylation is 1. The van der Waals surface area contributed by atoms with Crippen LogP contribution in [-0.4, -0.2) is 30.7 Å². The van der Waals surface area contributed by atoms with Gasteiger partial charge in [0.2, 0.25) is 11.7 Å². The number of rotatable bonds is 6. The first kappa shape index (κ1) is 17.0. The second kappa shape index (κ2) is 7.41. The van der Waals surface area contributed by atoms with Gasteiger partial charge in [0.05, 0.1) is 0 Å². The van der Waals surface area contributed by atoms with Gasteiger partial charge in [-0.15, -0.1) is 10.2 Å². The van der Waals surface area contributed by atoms with Crippen molar-refractivity contribution in [3.05, 3.63) is 60.8 Å². The quantitative estimate of drug-likeness (QED) is 0.572. The lowest BCUT2D eigenvalue weighted by molar-refractivity contribution is -0.117. The van der Waals surface area contributed by atoms with Crippen LogP contribution in [0, 0.1) is 0 Å². The van der Waals surface area contributed by atoms with E-state index in [0.29, 0.717) is 5.82 Å². The first-order valence-electron chi connectivity index (χ1n) is 8.95. The van der Waals surface area contributed by atoms with E-state index in [1.54, 1.807) is 0 Å². The Morgan fingerprint density at radius 1 is 1.11 bits per heavy atom. The summed E-state index contributed by atoms with van der Waals surface area (Å²) >= 11 is 0. The predicted octanol–water partition coefficient (Wildman–Crippen LogP) is 3.34. The molecule has 0 radical (unpaired) electrons. The molecule has 136 valence electrons. The van der Waals surface area contributed by atoms with Crippen LogP contribution in [0.1, 0.15) is 13.3 Å². The Morgan fingerprint density at radius 2 is 1.96 bits per heavy atom. The van der Waals surface area contributed by atoms with Gasteiger partial charge in [-0.1, -0.05) is 37.3 Å². The van der Waals surface area contributed by atoms with Crippen molar-refractivity contribution in [1.29, 1.82) is 0 Å². The molecule has 0 aliphatic rings. The number of hydrogen-bond donors (Lipinski definition) is 1. The summed E-state index contributed by atoms with van der Waals surface area (Å²) in [5, 5.41) is 16.2. The fourth-order valence-electron chi connectivity index (χ4n) is 3.06. The van der Waals surface area contributed by atoms with Gasteiger partial charge < -0.3 is 9.88 Å². The molecule has 0 saturated heterocycles. The monoisotopic (exact) mass is 360 g/mol. The van der Waals surface area contributed by atoms with Crippen molar-refractivity contribution >= 4 is 22.5 Å². The number of aromatic nitrogens is 5. The summed E-state index contributed by atoms with van der Waals surface area (Å²) in [6.45, 7) is 3.15. The number of anilines is 1. The molecule has 2 aromatic carbocycles. The van der Waals surface area contributed by atoms with E-state index in [1.807, 2.05) is 48.5 Å². The average molecular weight is 360 g/mol. The Labute approximate surface area is 156 Å². The second-order valence-electron chi connectivity index (χ2n) is 6.34. The third kappa shape index (κ3) is 3.72. The molecule has 0 fully saturated rings. The smallest absolute Gasteiger partial charge is 0.248 e. The van der Waals surface area contributed by atoms with E-state index in [9.17, 15) is 4.79 Å². The summed E-state index contributed by atoms with van der Waals surface area (Å²) in [5.41, 5.74) is 2.79. The summed E-state index contributed by atoms with van der Waals surface area (Å²) in [6, 6.07) is 17.5. The van der Waals surface area contributed by atoms with Crippen LogP contribution in [0.5, 0.6) is 0 Å². The van der Waals surface area contributed by atoms with Gasteiger partial charge in [-0.05, 0) is 35.9 Å². The van der Waals surface area contributed by atoms with Crippen molar-refractivity contribution in [2.45, 2.75) is 26.4 Å². The van der Waals surface area contributed by atoms with Gasteiger partial charge in [0.15, 0.2) is 0 Å². The third-order valence-electron chi connectivity index (χ3n) is 4.29. The number of hydrogen-bond acceptors (Lipinski definition) is 4. The normalized spacial score (nSPS) is 11.0. The van der Waals surface area contributed by atoms with Crippen LogP contribution in [0.2, 0.25) is 0 Å². The van der Waals surface area contributed by atoms with Crippen molar-refractivity contribution in [3.8, 4) is 11.4 Å². The Hall–Kier alpha value is -3.48. The highest BCUT2D eigenvalue weighted by molar-refractivity contribution is 5.93. The molecular weight excluding hydrogens is 340 g/mol. The Kier molecular flexibility index (Phi) is 4.65. The van der Waals surface area contributed by atoms with Crippen molar-refractivity contribution in [3.63, 3.8) is 0 Å². The van der Waals surface area contributed by atoms with E-state index in [4.69, 9.17) is 0 Å². The van der Waals surface area contributed by atoms with Crippen molar-refractivity contribution < 1.29 is 4.79 Å². The minimum Gasteiger partial charge on any atom is -0.347 e. The average Bonchev–Trinajstić information content (AvgIpc) is 3.30. The third-order valence-corrected chi connectivity index (χ3v) is 4.29. The summed E-state index contributed by atoms with van der Waals surface area (Å²) in [6.07, 6.45) is 3.16. The van der Waals surface area contributed by atoms with E-state index < -0.39 is 0 Å². The fraction of sp³-hybridized carbons (Fsp3) is 0.200. The standard InChI is InChI=1S/C20H20N6O/c1-2-11-25-12-10-16-13-17(8-9-18(16)25)21-19(27)14-26-23-20(22-24-26)15-6-4-3-5-7-15/h3-10,12-13H,2,11,14H2,1H3,(H,21,27). The van der Waals surface area contributed by atoms with Gasteiger partial charge in [0.25, 0.3) is 0 Å². The van der Waals surface area contributed by atoms with Gasteiger partial charge in [-0.2, -0.15) is 4.80 Å². The maximum absolute atomic E-state index is 12.3. The molecule has 4 aromatic rings. The van der Waals surface area contributed by atoms with Gasteiger partial charge in [-0.3, -0.25) is 4.79 Å². The van der Waals surface area contributed by atoms with E-state index >= 15 is 0 Å². The van der Waals surface area contributed by atoms with E-state index in [-0.39, 0.29) is 12.5 Å². The van der Waals surface area contributed by atoms with Crippen molar-refractivity contribution in [2.24, 2.45) is 0 Å². The van der Waals surface area contributed by atoms with Crippen LogP contribution >= 0.6 is 0 Å². The van der Waals surface area contributed by atoms with Crippen LogP contribution in [0.3, 0.4) is 0 Å². The van der Waals surface area contributed by atoms with E-state index in [2.05, 4.69) is 44.5 Å². The number of fused-ring (bicyclic) bond motifs is 1. The minimum atomic E-state index is -0.195. The van der Waals surface area contributed by atoms with Crippen molar-refractivity contribution in [1.82, 2.24) is 24.8 Å². The molecule has 27 heavy (non-hydrogen) atoms. The number of tetrazole rings is 1. The first-order chi connectivity index (χ1) is 13.2. The molecule has 2 aromatic heterocycles. The Morgan fingerprint density at radius 3 is 2.78 bits per heavy atom. The largest absolute Gasteiger partial charge is 0.347 e. The number of benzene rings is 2. The molecule has 1 amide bonds. The first-order valence-corrected chi connectivity index (χ1v) is 8.95. The fourth-order valence-corrected chi connectivity index (χ4v) is 3.06. The molecule has 0 aliphatic carbocycles. The van der Waals surface area contributed by atoms with Crippen LogP contribution in [0.4, 0.5) is 5.69 Å². The lowest BCUT2D eigenvalue weighted by Gasteiger charge is -2.06. The molecule has 0 unspecified atom stereocenters. The molecule has 7 nitrogen and oxygen atoms in total. The molecule has 1 N–H and O–H groups in total. The van der Waals surface area contributed by atoms with Crippen LogP contribution in [-0.2, 0) is 17.9 Å². The maximum atomic E-state index is 12.3. The van der Waals surface area contributed by atoms with E-state index in [0.717, 1.165) is 29.6 Å². The highest BCUT2D eigenvalue weighted by Crippen LogP contribution is 2.21. The summed E-state index contributed by atoms with van der Waals surface area (Å²) < 4.78 is 2.21. The van der Waals surface area contributed by atoms with E-state index in [1.165, 1.54) is 10.3 Å². The van der Waals surface area contributed by atoms with Gasteiger partial charge in [0.1, 0.15) is 6.54 Å². The minimum absolute atomic E-state index is 0.00865. The molecule has 0 saturated carbocycles. The molecule has 4 rings (SSSR count). The molecule has 0 atom stereocenters. The molecule has 0 aliphatic heterocycles. The topological polar surface area (TPSA) is 77.6 Å². The zero-order chi connectivity index (χ0) is 18.6. The number of nitrogens with zero attached hydrogens (tertiary/aromatic N) is 5. The number of amides is 1. The maximum Gasteiger partial charge on any atom is 0.248 e. The number of carbonyl (C=O) groups is 1. The zero-order valence-corrected chi connectivity index (χ0v) is 15.0. The molecular formula is C20H20N6O. The van der Waals surface area contributed by atoms with Gasteiger partial charge >= 0.3 is 0 Å². The summed E-state index contributed by atoms with van der Waals surface area (Å²) in [4.78, 5) is 13.6. The lowest BCUT2D eigenvalue weighted by atomic mass is 10.2. The lowest BCUT2D eigenvalue weighted by Crippen LogP contribution is -2.20. The van der Waals surface area contributed by atoms with Crippen LogP contribution < -0.4 is 5.32 Å². The summed E-state index contributed by atoms with van der Waals surface area (Å²) in [7, 11) is 0. The van der Waals surface area contributed by atoms with Crippen molar-refractivity contribution in [2.75, 3.05) is 5.32 Å². The van der Waals surface area contributed by atoms with Crippen LogP contribution in [0.15, 0.2) is 60.8 Å². The zero-order valence-electron chi connectivity index (χ0n) is 15.0.